The molecular formula is C19H18F3NO. The number of Topliss-reactive ketones (excluding diaryl/α,β-unsaturated/α-hetero) is 1. The fourth-order valence-corrected chi connectivity index (χ4v) is 3.52. The number of hydrogen-bond acceptors (Lipinski definition) is 2. The summed E-state index contributed by atoms with van der Waals surface area (Å²) in [6.45, 7) is 0. The Morgan fingerprint density at radius 3 is 2.29 bits per heavy atom. The second kappa shape index (κ2) is 6.40. The van der Waals surface area contributed by atoms with Gasteiger partial charge < -0.3 is 5.32 Å². The van der Waals surface area contributed by atoms with Gasteiger partial charge in [0, 0.05) is 0 Å². The highest BCUT2D eigenvalue weighted by Gasteiger charge is 2.43. The van der Waals surface area contributed by atoms with Crippen LogP contribution in [0.25, 0.3) is 0 Å². The molecule has 3 atom stereocenters. The maximum Gasteiger partial charge on any atom is 0.416 e. The molecule has 2 aromatic rings. The summed E-state index contributed by atoms with van der Waals surface area (Å²) < 4.78 is 39.1. The molecule has 2 nitrogen and oxygen atoms in total. The first-order chi connectivity index (χ1) is 11.4. The van der Waals surface area contributed by atoms with Gasteiger partial charge in [-0.05, 0) is 36.6 Å². The number of hydrogen-bond donors (Lipinski definition) is 1. The molecule has 0 amide bonds. The van der Waals surface area contributed by atoms with Crippen molar-refractivity contribution in [2.75, 3.05) is 7.05 Å². The van der Waals surface area contributed by atoms with Gasteiger partial charge in [-0.25, -0.2) is 0 Å². The number of benzene rings is 2. The van der Waals surface area contributed by atoms with Crippen molar-refractivity contribution in [3.05, 3.63) is 71.3 Å². The number of halogens is 3. The molecule has 1 aliphatic carbocycles. The number of alkyl halides is 3. The second-order valence-corrected chi connectivity index (χ2v) is 6.10. The van der Waals surface area contributed by atoms with Crippen molar-refractivity contribution >= 4 is 5.78 Å². The molecule has 126 valence electrons. The van der Waals surface area contributed by atoms with Gasteiger partial charge in [-0.3, -0.25) is 4.79 Å². The average molecular weight is 333 g/mol. The van der Waals surface area contributed by atoms with Crippen LogP contribution in [0.4, 0.5) is 13.2 Å². The van der Waals surface area contributed by atoms with Crippen molar-refractivity contribution in [1.82, 2.24) is 5.32 Å². The van der Waals surface area contributed by atoms with Gasteiger partial charge in [0.1, 0.15) is 0 Å². The van der Waals surface area contributed by atoms with Gasteiger partial charge in [-0.2, -0.15) is 13.2 Å². The van der Waals surface area contributed by atoms with Crippen molar-refractivity contribution in [3.63, 3.8) is 0 Å². The molecule has 0 saturated heterocycles. The highest BCUT2D eigenvalue weighted by atomic mass is 19.4. The molecular weight excluding hydrogens is 315 g/mol. The maximum absolute atomic E-state index is 13.0. The van der Waals surface area contributed by atoms with Crippen molar-refractivity contribution in [1.29, 1.82) is 0 Å². The summed E-state index contributed by atoms with van der Waals surface area (Å²) in [6, 6.07) is 14.3. The first-order valence-electron chi connectivity index (χ1n) is 7.85. The third-order valence-corrected chi connectivity index (χ3v) is 4.69. The molecule has 1 N–H and O–H groups in total. The van der Waals surface area contributed by atoms with E-state index in [1.807, 2.05) is 30.3 Å². The lowest BCUT2D eigenvalue weighted by atomic mass is 9.83. The van der Waals surface area contributed by atoms with Crippen LogP contribution in [0.3, 0.4) is 0 Å². The van der Waals surface area contributed by atoms with Crippen LogP contribution in [0.1, 0.15) is 34.9 Å². The minimum absolute atomic E-state index is 0.0503. The Balaban J connectivity index is 2.04. The molecule has 0 heterocycles. The minimum Gasteiger partial charge on any atom is -0.311 e. The van der Waals surface area contributed by atoms with Gasteiger partial charge in [0.15, 0.2) is 5.78 Å². The Labute approximate surface area is 138 Å². The molecule has 1 aliphatic rings. The van der Waals surface area contributed by atoms with Crippen LogP contribution in [0.5, 0.6) is 0 Å². The van der Waals surface area contributed by atoms with Gasteiger partial charge in [0.05, 0.1) is 17.5 Å². The molecule has 0 bridgehead atoms. The predicted molar refractivity (Wildman–Crippen MR) is 85.8 cm³/mol. The summed E-state index contributed by atoms with van der Waals surface area (Å²) in [4.78, 5) is 12.7. The van der Waals surface area contributed by atoms with Crippen LogP contribution in [0, 0.1) is 0 Å². The molecule has 0 aliphatic heterocycles. The van der Waals surface area contributed by atoms with Gasteiger partial charge in [-0.15, -0.1) is 0 Å². The van der Waals surface area contributed by atoms with E-state index in [0.29, 0.717) is 12.0 Å². The zero-order chi connectivity index (χ0) is 17.3. The highest BCUT2D eigenvalue weighted by Crippen LogP contribution is 2.44. The molecule has 5 heteroatoms. The van der Waals surface area contributed by atoms with E-state index >= 15 is 0 Å². The van der Waals surface area contributed by atoms with Crippen LogP contribution in [-0.2, 0) is 11.0 Å². The van der Waals surface area contributed by atoms with Crippen molar-refractivity contribution in [2.45, 2.75) is 30.5 Å². The van der Waals surface area contributed by atoms with Crippen LogP contribution in [0.15, 0.2) is 54.6 Å². The summed E-state index contributed by atoms with van der Waals surface area (Å²) in [6.07, 6.45) is -3.83. The van der Waals surface area contributed by atoms with Crippen LogP contribution in [-0.4, -0.2) is 18.9 Å². The fourth-order valence-electron chi connectivity index (χ4n) is 3.52. The minimum atomic E-state index is -4.41. The SMILES string of the molecule is CNC1CC(c2ccccc2)C(c2cccc(C(F)(F)F)c2)C1=O. The quantitative estimate of drug-likeness (QED) is 0.915. The summed E-state index contributed by atoms with van der Waals surface area (Å²) in [7, 11) is 1.71. The summed E-state index contributed by atoms with van der Waals surface area (Å²) in [5.41, 5.74) is 0.694. The largest absolute Gasteiger partial charge is 0.416 e. The molecule has 2 aromatic carbocycles. The predicted octanol–water partition coefficient (Wildman–Crippen LogP) is 4.13. The summed E-state index contributed by atoms with van der Waals surface area (Å²) in [5.74, 6) is -0.738. The van der Waals surface area contributed by atoms with E-state index in [9.17, 15) is 18.0 Å². The Morgan fingerprint density at radius 2 is 1.67 bits per heavy atom. The first kappa shape index (κ1) is 16.7. The average Bonchev–Trinajstić information content (AvgIpc) is 2.91. The van der Waals surface area contributed by atoms with Crippen molar-refractivity contribution < 1.29 is 18.0 Å². The first-order valence-corrected chi connectivity index (χ1v) is 7.85. The number of likely N-dealkylation sites (N-methyl/N-ethyl adjacent to an activating group) is 1. The molecule has 1 fully saturated rings. The van der Waals surface area contributed by atoms with E-state index in [4.69, 9.17) is 0 Å². The zero-order valence-electron chi connectivity index (χ0n) is 13.2. The van der Waals surface area contributed by atoms with Crippen LogP contribution >= 0.6 is 0 Å². The van der Waals surface area contributed by atoms with Crippen molar-refractivity contribution in [3.8, 4) is 0 Å². The lowest BCUT2D eigenvalue weighted by Crippen LogP contribution is -2.30. The Bertz CT molecular complexity index is 727. The Hall–Kier alpha value is -2.14. The van der Waals surface area contributed by atoms with E-state index in [1.165, 1.54) is 6.07 Å². The molecule has 0 spiro atoms. The molecule has 3 unspecified atom stereocenters. The molecule has 1 saturated carbocycles. The number of ketones is 1. The number of rotatable bonds is 3. The fraction of sp³-hybridized carbons (Fsp3) is 0.316. The third-order valence-electron chi connectivity index (χ3n) is 4.69. The number of carbonyl (C=O) groups is 1. The second-order valence-electron chi connectivity index (χ2n) is 6.10. The van der Waals surface area contributed by atoms with E-state index in [1.54, 1.807) is 13.1 Å². The molecule has 0 radical (unpaired) electrons. The van der Waals surface area contributed by atoms with Crippen LogP contribution < -0.4 is 5.32 Å². The molecule has 24 heavy (non-hydrogen) atoms. The highest BCUT2D eigenvalue weighted by molar-refractivity contribution is 5.94. The topological polar surface area (TPSA) is 29.1 Å². The maximum atomic E-state index is 13.0. The van der Waals surface area contributed by atoms with Gasteiger partial charge in [0.2, 0.25) is 0 Å². The van der Waals surface area contributed by atoms with E-state index in [-0.39, 0.29) is 17.7 Å². The van der Waals surface area contributed by atoms with E-state index in [0.717, 1.165) is 17.7 Å². The van der Waals surface area contributed by atoms with Gasteiger partial charge in [0.25, 0.3) is 0 Å². The van der Waals surface area contributed by atoms with Gasteiger partial charge in [-0.1, -0.05) is 48.5 Å². The number of carbonyl (C=O) groups excluding carboxylic acids is 1. The third kappa shape index (κ3) is 3.08. The van der Waals surface area contributed by atoms with Crippen molar-refractivity contribution in [2.24, 2.45) is 0 Å². The monoisotopic (exact) mass is 333 g/mol. The van der Waals surface area contributed by atoms with E-state index < -0.39 is 17.7 Å². The Morgan fingerprint density at radius 1 is 1.00 bits per heavy atom. The zero-order valence-corrected chi connectivity index (χ0v) is 13.2. The summed E-state index contributed by atoms with van der Waals surface area (Å²) >= 11 is 0. The smallest absolute Gasteiger partial charge is 0.311 e. The van der Waals surface area contributed by atoms with Crippen LogP contribution in [0.2, 0.25) is 0 Å². The Kier molecular flexibility index (Phi) is 4.45. The standard InChI is InChI=1S/C19H18F3NO/c1-23-16-11-15(12-6-3-2-4-7-12)17(18(16)24)13-8-5-9-14(10-13)19(20,21)22/h2-10,15-17,23H,11H2,1H3. The molecule has 0 aromatic heterocycles. The number of nitrogens with one attached hydrogen (secondary N) is 1. The lowest BCUT2D eigenvalue weighted by Gasteiger charge is -2.20. The molecule has 3 rings (SSSR count). The van der Waals surface area contributed by atoms with Gasteiger partial charge >= 0.3 is 6.18 Å². The normalized spacial score (nSPS) is 24.3. The van der Waals surface area contributed by atoms with E-state index in [2.05, 4.69) is 5.32 Å². The lowest BCUT2D eigenvalue weighted by molar-refractivity contribution is -0.137. The summed E-state index contributed by atoms with van der Waals surface area (Å²) in [5, 5.41) is 2.99.